The van der Waals surface area contributed by atoms with Gasteiger partial charge in [-0.15, -0.1) is 0 Å². The van der Waals surface area contributed by atoms with Crippen LogP contribution in [0.4, 0.5) is 10.1 Å². The molecule has 0 aromatic heterocycles. The summed E-state index contributed by atoms with van der Waals surface area (Å²) in [6, 6.07) is 15.6. The van der Waals surface area contributed by atoms with Crippen molar-refractivity contribution in [3.05, 3.63) is 83.7 Å². The van der Waals surface area contributed by atoms with Crippen LogP contribution in [0.3, 0.4) is 0 Å². The van der Waals surface area contributed by atoms with E-state index in [1.54, 1.807) is 13.8 Å². The van der Waals surface area contributed by atoms with Gasteiger partial charge in [-0.3, -0.25) is 13.9 Å². The van der Waals surface area contributed by atoms with E-state index in [9.17, 15) is 22.4 Å². The molecule has 0 unspecified atom stereocenters. The fourth-order valence-electron chi connectivity index (χ4n) is 4.36. The fourth-order valence-corrected chi connectivity index (χ4v) is 5.79. The number of hydrogen-bond acceptors (Lipinski definition) is 6. The lowest BCUT2D eigenvalue weighted by atomic mass is 10.1. The van der Waals surface area contributed by atoms with Crippen molar-refractivity contribution in [1.82, 2.24) is 10.2 Å². The number of nitrogens with zero attached hydrogens (tertiary/aromatic N) is 2. The number of fused-ring (bicyclic) bond motifs is 1. The SMILES string of the molecule is CCNC(=O)[C@@H](C)N(Cc1cccc(C)c1)C(=O)CN(c1ccc(F)cc1)S(=O)(=O)c1ccc2c(c1)OCCO2. The summed E-state index contributed by atoms with van der Waals surface area (Å²) >= 11 is 0. The van der Waals surface area contributed by atoms with Crippen molar-refractivity contribution in [2.75, 3.05) is 30.6 Å². The molecule has 1 atom stereocenters. The molecule has 2 amide bonds. The molecule has 1 aliphatic rings. The minimum absolute atomic E-state index is 0.0835. The van der Waals surface area contributed by atoms with Gasteiger partial charge < -0.3 is 19.7 Å². The quantitative estimate of drug-likeness (QED) is 0.400. The van der Waals surface area contributed by atoms with Gasteiger partial charge in [0.25, 0.3) is 10.0 Å². The van der Waals surface area contributed by atoms with Crippen LogP contribution in [0.15, 0.2) is 71.6 Å². The smallest absolute Gasteiger partial charge is 0.264 e. The number of likely N-dealkylation sites (N-methyl/N-ethyl adjacent to an activating group) is 1. The summed E-state index contributed by atoms with van der Waals surface area (Å²) in [5.41, 5.74) is 1.85. The zero-order valence-electron chi connectivity index (χ0n) is 22.6. The van der Waals surface area contributed by atoms with Gasteiger partial charge in [0.15, 0.2) is 11.5 Å². The summed E-state index contributed by atoms with van der Waals surface area (Å²) in [4.78, 5) is 27.9. The van der Waals surface area contributed by atoms with Crippen LogP contribution in [0.5, 0.6) is 11.5 Å². The highest BCUT2D eigenvalue weighted by Gasteiger charge is 2.33. The van der Waals surface area contributed by atoms with Gasteiger partial charge in [0, 0.05) is 19.2 Å². The third-order valence-corrected chi connectivity index (χ3v) is 8.22. The van der Waals surface area contributed by atoms with Gasteiger partial charge in [-0.05, 0) is 62.7 Å². The molecule has 212 valence electrons. The third-order valence-electron chi connectivity index (χ3n) is 6.45. The molecule has 1 heterocycles. The number of ether oxygens (including phenoxy) is 2. The van der Waals surface area contributed by atoms with Crippen LogP contribution in [0, 0.1) is 12.7 Å². The number of halogens is 1. The molecule has 0 fully saturated rings. The van der Waals surface area contributed by atoms with Crippen molar-refractivity contribution >= 4 is 27.5 Å². The van der Waals surface area contributed by atoms with Crippen LogP contribution in [0.2, 0.25) is 0 Å². The number of hydrogen-bond donors (Lipinski definition) is 1. The highest BCUT2D eigenvalue weighted by molar-refractivity contribution is 7.92. The molecule has 0 spiro atoms. The first-order chi connectivity index (χ1) is 19.1. The first-order valence-electron chi connectivity index (χ1n) is 12.9. The average Bonchev–Trinajstić information content (AvgIpc) is 2.94. The molecule has 1 aliphatic heterocycles. The molecule has 9 nitrogen and oxygen atoms in total. The first kappa shape index (κ1) is 28.9. The van der Waals surface area contributed by atoms with E-state index in [1.165, 1.54) is 35.2 Å². The number of benzene rings is 3. The Kier molecular flexibility index (Phi) is 8.93. The van der Waals surface area contributed by atoms with E-state index in [0.717, 1.165) is 27.6 Å². The Bertz CT molecular complexity index is 1480. The zero-order chi connectivity index (χ0) is 28.9. The summed E-state index contributed by atoms with van der Waals surface area (Å²) < 4.78 is 53.7. The predicted octanol–water partition coefficient (Wildman–Crippen LogP) is 3.65. The Morgan fingerprint density at radius 1 is 1.00 bits per heavy atom. The normalized spacial score (nSPS) is 13.3. The van der Waals surface area contributed by atoms with Gasteiger partial charge in [-0.25, -0.2) is 12.8 Å². The van der Waals surface area contributed by atoms with E-state index in [-0.39, 0.29) is 35.4 Å². The van der Waals surface area contributed by atoms with Crippen LogP contribution < -0.4 is 19.1 Å². The van der Waals surface area contributed by atoms with Crippen LogP contribution >= 0.6 is 0 Å². The molecule has 0 saturated carbocycles. The predicted molar refractivity (Wildman–Crippen MR) is 148 cm³/mol. The van der Waals surface area contributed by atoms with E-state index in [1.807, 2.05) is 31.2 Å². The van der Waals surface area contributed by atoms with Crippen molar-refractivity contribution in [2.45, 2.75) is 38.3 Å². The maximum absolute atomic E-state index is 14.0. The lowest BCUT2D eigenvalue weighted by molar-refractivity contribution is -0.139. The lowest BCUT2D eigenvalue weighted by Gasteiger charge is -2.32. The Hall–Kier alpha value is -4.12. The Labute approximate surface area is 233 Å². The van der Waals surface area contributed by atoms with Gasteiger partial charge in [0.05, 0.1) is 10.6 Å². The van der Waals surface area contributed by atoms with Crippen molar-refractivity contribution in [3.63, 3.8) is 0 Å². The van der Waals surface area contributed by atoms with Gasteiger partial charge in [0.1, 0.15) is 31.6 Å². The molecule has 3 aromatic carbocycles. The second-order valence-corrected chi connectivity index (χ2v) is 11.2. The molecule has 1 N–H and O–H groups in total. The van der Waals surface area contributed by atoms with Crippen LogP contribution in [0.25, 0.3) is 0 Å². The molecule has 3 aromatic rings. The molecule has 0 bridgehead atoms. The zero-order valence-corrected chi connectivity index (χ0v) is 23.4. The fraction of sp³-hybridized carbons (Fsp3) is 0.310. The molecule has 0 radical (unpaired) electrons. The van der Waals surface area contributed by atoms with Crippen LogP contribution in [0.1, 0.15) is 25.0 Å². The third kappa shape index (κ3) is 6.53. The number of carbonyl (C=O) groups excluding carboxylic acids is 2. The Morgan fingerprint density at radius 2 is 1.70 bits per heavy atom. The van der Waals surface area contributed by atoms with E-state index < -0.39 is 34.3 Å². The standard InChI is InChI=1S/C29H32FN3O6S/c1-4-31-29(35)21(3)32(18-22-7-5-6-20(2)16-22)28(34)19-33(24-10-8-23(30)9-11-24)40(36,37)25-12-13-26-27(17-25)39-15-14-38-26/h5-13,16-17,21H,4,14-15,18-19H2,1-3H3,(H,31,35)/t21-/m1/s1. The van der Waals surface area contributed by atoms with Crippen molar-refractivity contribution < 1.29 is 31.9 Å². The largest absolute Gasteiger partial charge is 0.486 e. The number of aryl methyl sites for hydroxylation is 1. The number of carbonyl (C=O) groups is 2. The van der Waals surface area contributed by atoms with E-state index in [0.29, 0.717) is 18.9 Å². The maximum Gasteiger partial charge on any atom is 0.264 e. The van der Waals surface area contributed by atoms with Gasteiger partial charge >= 0.3 is 0 Å². The second-order valence-electron chi connectivity index (χ2n) is 9.37. The van der Waals surface area contributed by atoms with Crippen LogP contribution in [-0.2, 0) is 26.2 Å². The van der Waals surface area contributed by atoms with Crippen molar-refractivity contribution in [1.29, 1.82) is 0 Å². The number of sulfonamides is 1. The van der Waals surface area contributed by atoms with E-state index >= 15 is 0 Å². The lowest BCUT2D eigenvalue weighted by Crippen LogP contribution is -2.51. The van der Waals surface area contributed by atoms with Gasteiger partial charge in [-0.2, -0.15) is 0 Å². The minimum Gasteiger partial charge on any atom is -0.486 e. The summed E-state index contributed by atoms with van der Waals surface area (Å²) in [6.07, 6.45) is 0. The number of nitrogens with one attached hydrogen (secondary N) is 1. The minimum atomic E-state index is -4.34. The highest BCUT2D eigenvalue weighted by Crippen LogP contribution is 2.34. The first-order valence-corrected chi connectivity index (χ1v) is 14.3. The summed E-state index contributed by atoms with van der Waals surface area (Å²) in [5, 5.41) is 2.72. The summed E-state index contributed by atoms with van der Waals surface area (Å²) in [6.45, 7) is 5.72. The van der Waals surface area contributed by atoms with Gasteiger partial charge in [0.2, 0.25) is 11.8 Å². The highest BCUT2D eigenvalue weighted by atomic mass is 32.2. The van der Waals surface area contributed by atoms with E-state index in [4.69, 9.17) is 9.47 Å². The number of anilines is 1. The molecular weight excluding hydrogens is 537 g/mol. The van der Waals surface area contributed by atoms with Gasteiger partial charge in [-0.1, -0.05) is 29.8 Å². The van der Waals surface area contributed by atoms with E-state index in [2.05, 4.69) is 5.32 Å². The number of amides is 2. The molecule has 0 aliphatic carbocycles. The summed E-state index contributed by atoms with van der Waals surface area (Å²) in [7, 11) is -4.34. The molecule has 0 saturated heterocycles. The summed E-state index contributed by atoms with van der Waals surface area (Å²) in [5.74, 6) is -0.853. The second kappa shape index (κ2) is 12.4. The molecule has 11 heteroatoms. The Balaban J connectivity index is 1.72. The molecule has 40 heavy (non-hydrogen) atoms. The molecule has 4 rings (SSSR count). The van der Waals surface area contributed by atoms with Crippen LogP contribution in [-0.4, -0.2) is 57.5 Å². The number of rotatable bonds is 10. The Morgan fingerprint density at radius 3 is 2.38 bits per heavy atom. The average molecular weight is 570 g/mol. The maximum atomic E-state index is 14.0. The molecular formula is C29H32FN3O6S. The topological polar surface area (TPSA) is 105 Å². The van der Waals surface area contributed by atoms with Crippen molar-refractivity contribution in [3.8, 4) is 11.5 Å². The van der Waals surface area contributed by atoms with Crippen molar-refractivity contribution in [2.24, 2.45) is 0 Å². The monoisotopic (exact) mass is 569 g/mol.